The first-order valence-electron chi connectivity index (χ1n) is 7.25. The van der Waals surface area contributed by atoms with E-state index in [1.54, 1.807) is 0 Å². The van der Waals surface area contributed by atoms with Gasteiger partial charge in [0, 0.05) is 6.61 Å². The molecule has 0 bridgehead atoms. The molecule has 0 aromatic heterocycles. The van der Waals surface area contributed by atoms with Gasteiger partial charge in [0.05, 0.1) is 11.7 Å². The van der Waals surface area contributed by atoms with E-state index in [1.807, 2.05) is 0 Å². The molecule has 98 valence electrons. The average molecular weight is 238 g/mol. The lowest BCUT2D eigenvalue weighted by molar-refractivity contribution is -0.0692. The van der Waals surface area contributed by atoms with Gasteiger partial charge in [-0.1, -0.05) is 13.8 Å². The molecule has 0 aromatic carbocycles. The Kier molecular flexibility index (Phi) is 2.61. The standard InChI is InChI=1S/C15H26O2/c1-14(2)8-11-10(9-16)4-5-13-15(3,17-13)7-6-12(11)14/h10-13,16H,4-9H2,1-3H3/t10-,11?,12?,13-,15+/m1/s1. The molecular formula is C15H26O2. The maximum atomic E-state index is 9.62. The minimum atomic E-state index is 0.181. The summed E-state index contributed by atoms with van der Waals surface area (Å²) in [6.45, 7) is 7.44. The molecule has 17 heavy (non-hydrogen) atoms. The monoisotopic (exact) mass is 238 g/mol. The molecule has 2 nitrogen and oxygen atoms in total. The third-order valence-corrected chi connectivity index (χ3v) is 5.91. The molecule has 5 atom stereocenters. The van der Waals surface area contributed by atoms with Crippen LogP contribution in [0.1, 0.15) is 52.9 Å². The Balaban J connectivity index is 1.76. The Hall–Kier alpha value is -0.0800. The molecule has 2 saturated carbocycles. The van der Waals surface area contributed by atoms with E-state index in [4.69, 9.17) is 4.74 Å². The van der Waals surface area contributed by atoms with Crippen molar-refractivity contribution < 1.29 is 9.84 Å². The summed E-state index contributed by atoms with van der Waals surface area (Å²) in [6, 6.07) is 0. The zero-order chi connectivity index (χ0) is 12.3. The highest BCUT2D eigenvalue weighted by Crippen LogP contribution is 2.59. The normalized spacial score (nSPS) is 52.2. The van der Waals surface area contributed by atoms with Crippen LogP contribution in [0.4, 0.5) is 0 Å². The highest BCUT2D eigenvalue weighted by Gasteiger charge is 2.56. The molecule has 3 fully saturated rings. The number of hydrogen-bond donors (Lipinski definition) is 1. The number of aliphatic hydroxyl groups is 1. The van der Waals surface area contributed by atoms with Crippen molar-refractivity contribution >= 4 is 0 Å². The van der Waals surface area contributed by atoms with Gasteiger partial charge in [-0.2, -0.15) is 0 Å². The second-order valence-electron chi connectivity index (χ2n) is 7.44. The summed E-state index contributed by atoms with van der Waals surface area (Å²) < 4.78 is 5.87. The number of ether oxygens (including phenoxy) is 1. The highest BCUT2D eigenvalue weighted by molar-refractivity contribution is 5.05. The predicted molar refractivity (Wildman–Crippen MR) is 67.7 cm³/mol. The maximum Gasteiger partial charge on any atom is 0.0920 e. The average Bonchev–Trinajstić information content (AvgIpc) is 2.87. The minimum absolute atomic E-state index is 0.181. The Morgan fingerprint density at radius 3 is 2.59 bits per heavy atom. The molecule has 3 aliphatic rings. The van der Waals surface area contributed by atoms with Gasteiger partial charge in [0.2, 0.25) is 0 Å². The van der Waals surface area contributed by atoms with Crippen molar-refractivity contribution in [3.05, 3.63) is 0 Å². The largest absolute Gasteiger partial charge is 0.396 e. The van der Waals surface area contributed by atoms with Gasteiger partial charge < -0.3 is 9.84 Å². The molecule has 1 aliphatic heterocycles. The number of epoxide rings is 1. The highest BCUT2D eigenvalue weighted by atomic mass is 16.6. The Labute approximate surface area is 105 Å². The van der Waals surface area contributed by atoms with Crippen molar-refractivity contribution in [2.45, 2.75) is 64.6 Å². The van der Waals surface area contributed by atoms with Crippen molar-refractivity contribution in [2.75, 3.05) is 6.61 Å². The zero-order valence-electron chi connectivity index (χ0n) is 11.4. The van der Waals surface area contributed by atoms with Crippen LogP contribution in [0, 0.1) is 23.2 Å². The van der Waals surface area contributed by atoms with Crippen LogP contribution in [0.15, 0.2) is 0 Å². The molecule has 1 saturated heterocycles. The minimum Gasteiger partial charge on any atom is -0.396 e. The molecule has 0 aromatic rings. The van der Waals surface area contributed by atoms with E-state index in [9.17, 15) is 5.11 Å². The van der Waals surface area contributed by atoms with Crippen LogP contribution in [0.5, 0.6) is 0 Å². The molecule has 2 unspecified atom stereocenters. The van der Waals surface area contributed by atoms with Crippen molar-refractivity contribution in [1.29, 1.82) is 0 Å². The van der Waals surface area contributed by atoms with Gasteiger partial charge in [0.15, 0.2) is 0 Å². The van der Waals surface area contributed by atoms with Gasteiger partial charge in [-0.05, 0) is 62.2 Å². The molecular weight excluding hydrogens is 212 g/mol. The lowest BCUT2D eigenvalue weighted by Crippen LogP contribution is -2.48. The summed E-state index contributed by atoms with van der Waals surface area (Å²) in [5.74, 6) is 2.11. The van der Waals surface area contributed by atoms with Crippen molar-refractivity contribution in [3.63, 3.8) is 0 Å². The van der Waals surface area contributed by atoms with E-state index in [0.717, 1.165) is 24.7 Å². The van der Waals surface area contributed by atoms with Crippen LogP contribution < -0.4 is 0 Å². The first kappa shape index (κ1) is 12.0. The van der Waals surface area contributed by atoms with Crippen molar-refractivity contribution in [3.8, 4) is 0 Å². The van der Waals surface area contributed by atoms with Crippen LogP contribution >= 0.6 is 0 Å². The summed E-state index contributed by atoms with van der Waals surface area (Å²) >= 11 is 0. The maximum absolute atomic E-state index is 9.62. The molecule has 2 heteroatoms. The van der Waals surface area contributed by atoms with Gasteiger partial charge in [-0.25, -0.2) is 0 Å². The summed E-state index contributed by atoms with van der Waals surface area (Å²) in [5.41, 5.74) is 0.670. The molecule has 2 aliphatic carbocycles. The quantitative estimate of drug-likeness (QED) is 0.712. The molecule has 3 rings (SSSR count). The smallest absolute Gasteiger partial charge is 0.0920 e. The van der Waals surface area contributed by atoms with Gasteiger partial charge in [-0.15, -0.1) is 0 Å². The SMILES string of the molecule is CC1(C)CC2C1CC[C@]1(C)O[C@@H]1CC[C@@H]2CO. The second kappa shape index (κ2) is 3.71. The topological polar surface area (TPSA) is 32.8 Å². The lowest BCUT2D eigenvalue weighted by atomic mass is 9.51. The van der Waals surface area contributed by atoms with Gasteiger partial charge in [-0.3, -0.25) is 0 Å². The Morgan fingerprint density at radius 1 is 1.18 bits per heavy atom. The van der Waals surface area contributed by atoms with E-state index in [2.05, 4.69) is 20.8 Å². The number of aliphatic hydroxyl groups excluding tert-OH is 1. The van der Waals surface area contributed by atoms with Crippen LogP contribution in [-0.2, 0) is 4.74 Å². The van der Waals surface area contributed by atoms with Gasteiger partial charge in [0.25, 0.3) is 0 Å². The molecule has 1 N–H and O–H groups in total. The molecule has 1 heterocycles. The summed E-state index contributed by atoms with van der Waals surface area (Å²) in [4.78, 5) is 0. The number of rotatable bonds is 1. The third kappa shape index (κ3) is 1.84. The fourth-order valence-electron chi connectivity index (χ4n) is 4.54. The second-order valence-corrected chi connectivity index (χ2v) is 7.44. The predicted octanol–water partition coefficient (Wildman–Crippen LogP) is 2.99. The summed E-state index contributed by atoms with van der Waals surface area (Å²) in [7, 11) is 0. The summed E-state index contributed by atoms with van der Waals surface area (Å²) in [6.07, 6.45) is 6.63. The summed E-state index contributed by atoms with van der Waals surface area (Å²) in [5, 5.41) is 9.62. The Morgan fingerprint density at radius 2 is 1.94 bits per heavy atom. The molecule has 0 spiro atoms. The van der Waals surface area contributed by atoms with Crippen LogP contribution in [0.3, 0.4) is 0 Å². The lowest BCUT2D eigenvalue weighted by Gasteiger charge is -2.55. The van der Waals surface area contributed by atoms with Crippen LogP contribution in [-0.4, -0.2) is 23.4 Å². The first-order chi connectivity index (χ1) is 7.96. The van der Waals surface area contributed by atoms with Crippen LogP contribution in [0.2, 0.25) is 0 Å². The molecule has 0 amide bonds. The van der Waals surface area contributed by atoms with Gasteiger partial charge in [0.1, 0.15) is 0 Å². The molecule has 0 radical (unpaired) electrons. The van der Waals surface area contributed by atoms with Crippen molar-refractivity contribution in [1.82, 2.24) is 0 Å². The van der Waals surface area contributed by atoms with Crippen LogP contribution in [0.25, 0.3) is 0 Å². The van der Waals surface area contributed by atoms with E-state index >= 15 is 0 Å². The van der Waals surface area contributed by atoms with E-state index in [1.165, 1.54) is 19.3 Å². The number of hydrogen-bond acceptors (Lipinski definition) is 2. The number of fused-ring (bicyclic) bond motifs is 2. The van der Waals surface area contributed by atoms with E-state index in [0.29, 0.717) is 24.0 Å². The Bertz CT molecular complexity index is 312. The van der Waals surface area contributed by atoms with E-state index in [-0.39, 0.29) is 5.60 Å². The van der Waals surface area contributed by atoms with Crippen molar-refractivity contribution in [2.24, 2.45) is 23.2 Å². The third-order valence-electron chi connectivity index (χ3n) is 5.91. The first-order valence-corrected chi connectivity index (χ1v) is 7.25. The van der Waals surface area contributed by atoms with E-state index < -0.39 is 0 Å². The zero-order valence-corrected chi connectivity index (χ0v) is 11.4. The van der Waals surface area contributed by atoms with Gasteiger partial charge >= 0.3 is 0 Å². The fraction of sp³-hybridized carbons (Fsp3) is 1.00. The fourth-order valence-corrected chi connectivity index (χ4v) is 4.54.